The van der Waals surface area contributed by atoms with E-state index in [-0.39, 0.29) is 18.2 Å². The van der Waals surface area contributed by atoms with Crippen molar-refractivity contribution in [3.05, 3.63) is 47.5 Å². The van der Waals surface area contributed by atoms with Crippen molar-refractivity contribution in [2.45, 2.75) is 25.7 Å². The summed E-state index contributed by atoms with van der Waals surface area (Å²) >= 11 is 6.62. The van der Waals surface area contributed by atoms with Gasteiger partial charge in [0.05, 0.1) is 10.7 Å². The summed E-state index contributed by atoms with van der Waals surface area (Å²) in [5.74, 6) is -0.124. The predicted molar refractivity (Wildman–Crippen MR) is 109 cm³/mol. The molecule has 4 amide bonds. The maximum absolute atomic E-state index is 12.2. The van der Waals surface area contributed by atoms with Gasteiger partial charge in [-0.1, -0.05) is 35.9 Å². The van der Waals surface area contributed by atoms with Crippen molar-refractivity contribution in [1.82, 2.24) is 5.32 Å². The minimum absolute atomic E-state index is 0.157. The lowest BCUT2D eigenvalue weighted by Crippen LogP contribution is -2.49. The van der Waals surface area contributed by atoms with Gasteiger partial charge in [0.15, 0.2) is 0 Å². The van der Waals surface area contributed by atoms with Crippen molar-refractivity contribution in [3.63, 3.8) is 0 Å². The second-order valence-corrected chi connectivity index (χ2v) is 7.32. The van der Waals surface area contributed by atoms with E-state index in [4.69, 9.17) is 11.6 Å². The SMILES string of the molecule is O=C1CCN(c2cccc(-c3ccc(N4CCCCC4=O)cc3)c2Cl)C(=O)N1. The van der Waals surface area contributed by atoms with Crippen LogP contribution in [-0.2, 0) is 9.59 Å². The number of carbonyl (C=O) groups excluding carboxylic acids is 3. The topological polar surface area (TPSA) is 69.7 Å². The first-order valence-corrected chi connectivity index (χ1v) is 9.73. The first-order chi connectivity index (χ1) is 13.5. The van der Waals surface area contributed by atoms with E-state index in [9.17, 15) is 14.4 Å². The summed E-state index contributed by atoms with van der Waals surface area (Å²) in [6, 6.07) is 12.7. The smallest absolute Gasteiger partial charge is 0.312 e. The molecule has 2 saturated heterocycles. The third kappa shape index (κ3) is 3.47. The fraction of sp³-hybridized carbons (Fsp3) is 0.286. The van der Waals surface area contributed by atoms with Gasteiger partial charge in [-0.25, -0.2) is 4.79 Å². The highest BCUT2D eigenvalue weighted by Gasteiger charge is 2.26. The normalized spacial score (nSPS) is 17.7. The maximum Gasteiger partial charge on any atom is 0.328 e. The highest BCUT2D eigenvalue weighted by atomic mass is 35.5. The Morgan fingerprint density at radius 2 is 1.64 bits per heavy atom. The quantitative estimate of drug-likeness (QED) is 0.851. The average molecular weight is 398 g/mol. The van der Waals surface area contributed by atoms with Crippen molar-refractivity contribution >= 4 is 40.8 Å². The summed E-state index contributed by atoms with van der Waals surface area (Å²) in [6.07, 6.45) is 2.80. The number of anilines is 2. The molecule has 0 aliphatic carbocycles. The molecule has 0 bridgehead atoms. The van der Waals surface area contributed by atoms with Gasteiger partial charge in [0.25, 0.3) is 0 Å². The van der Waals surface area contributed by atoms with Crippen LogP contribution in [0.3, 0.4) is 0 Å². The van der Waals surface area contributed by atoms with Crippen molar-refractivity contribution < 1.29 is 14.4 Å². The molecule has 2 aliphatic rings. The highest BCUT2D eigenvalue weighted by molar-refractivity contribution is 6.36. The third-order valence-corrected chi connectivity index (χ3v) is 5.53. The van der Waals surface area contributed by atoms with E-state index < -0.39 is 6.03 Å². The molecule has 28 heavy (non-hydrogen) atoms. The molecule has 0 radical (unpaired) electrons. The van der Waals surface area contributed by atoms with Crippen LogP contribution in [0.2, 0.25) is 5.02 Å². The molecule has 0 unspecified atom stereocenters. The third-order valence-electron chi connectivity index (χ3n) is 5.14. The second-order valence-electron chi connectivity index (χ2n) is 6.94. The van der Waals surface area contributed by atoms with E-state index in [1.165, 1.54) is 4.90 Å². The first-order valence-electron chi connectivity index (χ1n) is 9.35. The van der Waals surface area contributed by atoms with Gasteiger partial charge in [-0.3, -0.25) is 19.8 Å². The zero-order chi connectivity index (χ0) is 19.7. The molecular weight excluding hydrogens is 378 g/mol. The minimum atomic E-state index is -0.464. The number of benzene rings is 2. The van der Waals surface area contributed by atoms with E-state index in [2.05, 4.69) is 5.32 Å². The second kappa shape index (κ2) is 7.64. The summed E-state index contributed by atoms with van der Waals surface area (Å²) in [5.41, 5.74) is 3.14. The molecule has 144 valence electrons. The van der Waals surface area contributed by atoms with Crippen LogP contribution in [0.5, 0.6) is 0 Å². The summed E-state index contributed by atoms with van der Waals surface area (Å²) in [4.78, 5) is 39.0. The number of urea groups is 1. The summed E-state index contributed by atoms with van der Waals surface area (Å²) in [6.45, 7) is 1.04. The van der Waals surface area contributed by atoms with Gasteiger partial charge in [0.1, 0.15) is 0 Å². The molecule has 2 aliphatic heterocycles. The number of hydrogen-bond acceptors (Lipinski definition) is 3. The van der Waals surface area contributed by atoms with Crippen molar-refractivity contribution in [2.24, 2.45) is 0 Å². The summed E-state index contributed by atoms with van der Waals surface area (Å²) < 4.78 is 0. The fourth-order valence-electron chi connectivity index (χ4n) is 3.65. The number of piperidine rings is 1. The Balaban J connectivity index is 1.62. The van der Waals surface area contributed by atoms with Gasteiger partial charge in [0, 0.05) is 37.2 Å². The lowest BCUT2D eigenvalue weighted by molar-refractivity contribution is -0.120. The van der Waals surface area contributed by atoms with E-state index in [1.807, 2.05) is 41.3 Å². The highest BCUT2D eigenvalue weighted by Crippen LogP contribution is 2.37. The molecule has 2 fully saturated rings. The number of hydrogen-bond donors (Lipinski definition) is 1. The summed E-state index contributed by atoms with van der Waals surface area (Å²) in [7, 11) is 0. The van der Waals surface area contributed by atoms with Crippen molar-refractivity contribution in [1.29, 1.82) is 0 Å². The van der Waals surface area contributed by atoms with Crippen LogP contribution in [-0.4, -0.2) is 30.9 Å². The molecule has 2 aromatic carbocycles. The number of nitrogens with one attached hydrogen (secondary N) is 1. The van der Waals surface area contributed by atoms with E-state index in [1.54, 1.807) is 6.07 Å². The number of carbonyl (C=O) groups is 3. The van der Waals surface area contributed by atoms with Crippen LogP contribution < -0.4 is 15.1 Å². The van der Waals surface area contributed by atoms with Gasteiger partial charge in [-0.2, -0.15) is 0 Å². The first kappa shape index (κ1) is 18.5. The van der Waals surface area contributed by atoms with E-state index >= 15 is 0 Å². The zero-order valence-electron chi connectivity index (χ0n) is 15.3. The standard InChI is InChI=1S/C21H20ClN3O3/c22-20-16(4-3-5-17(20)25-13-11-18(26)23-21(25)28)14-7-9-15(10-8-14)24-12-2-1-6-19(24)27/h3-5,7-10H,1-2,6,11-13H2,(H,23,26,28). The van der Waals surface area contributed by atoms with Gasteiger partial charge >= 0.3 is 6.03 Å². The van der Waals surface area contributed by atoms with Gasteiger partial charge in [-0.05, 0) is 36.6 Å². The average Bonchev–Trinajstić information content (AvgIpc) is 2.69. The molecule has 2 aromatic rings. The fourth-order valence-corrected chi connectivity index (χ4v) is 3.98. The Labute approximate surface area is 168 Å². The van der Waals surface area contributed by atoms with Crippen LogP contribution in [0.15, 0.2) is 42.5 Å². The Kier molecular flexibility index (Phi) is 5.05. The van der Waals surface area contributed by atoms with Crippen LogP contribution in [0.25, 0.3) is 11.1 Å². The van der Waals surface area contributed by atoms with Crippen molar-refractivity contribution in [3.8, 4) is 11.1 Å². The number of halogens is 1. The van der Waals surface area contributed by atoms with Crippen LogP contribution >= 0.6 is 11.6 Å². The molecule has 6 nitrogen and oxygen atoms in total. The maximum atomic E-state index is 12.2. The predicted octanol–water partition coefficient (Wildman–Crippen LogP) is 3.97. The van der Waals surface area contributed by atoms with Gasteiger partial charge in [0.2, 0.25) is 11.8 Å². The number of rotatable bonds is 3. The Morgan fingerprint density at radius 1 is 0.857 bits per heavy atom. The molecule has 0 spiro atoms. The number of nitrogens with zero attached hydrogens (tertiary/aromatic N) is 2. The summed E-state index contributed by atoms with van der Waals surface area (Å²) in [5, 5.41) is 2.77. The zero-order valence-corrected chi connectivity index (χ0v) is 16.0. The lowest BCUT2D eigenvalue weighted by atomic mass is 10.0. The molecule has 0 aromatic heterocycles. The van der Waals surface area contributed by atoms with Crippen LogP contribution in [0.4, 0.5) is 16.2 Å². The van der Waals surface area contributed by atoms with Gasteiger partial charge in [-0.15, -0.1) is 0 Å². The number of imide groups is 1. The van der Waals surface area contributed by atoms with E-state index in [0.717, 1.165) is 36.2 Å². The van der Waals surface area contributed by atoms with Crippen LogP contribution in [0, 0.1) is 0 Å². The Morgan fingerprint density at radius 3 is 2.36 bits per heavy atom. The van der Waals surface area contributed by atoms with Gasteiger partial charge < -0.3 is 4.90 Å². The van der Waals surface area contributed by atoms with Crippen LogP contribution in [0.1, 0.15) is 25.7 Å². The molecule has 1 N–H and O–H groups in total. The minimum Gasteiger partial charge on any atom is -0.312 e. The molecule has 2 heterocycles. The molecule has 7 heteroatoms. The van der Waals surface area contributed by atoms with Crippen molar-refractivity contribution in [2.75, 3.05) is 22.9 Å². The molecule has 4 rings (SSSR count). The number of amides is 4. The van der Waals surface area contributed by atoms with E-state index in [0.29, 0.717) is 23.7 Å². The monoisotopic (exact) mass is 397 g/mol. The molecular formula is C21H20ClN3O3. The molecule has 0 saturated carbocycles. The molecule has 0 atom stereocenters. The Bertz CT molecular complexity index is 942. The Hall–Kier alpha value is -2.86. The largest absolute Gasteiger partial charge is 0.328 e. The lowest BCUT2D eigenvalue weighted by Gasteiger charge is -2.28.